The Morgan fingerprint density at radius 2 is 2.13 bits per heavy atom. The first-order valence-electron chi connectivity index (χ1n) is 4.30. The summed E-state index contributed by atoms with van der Waals surface area (Å²) in [5, 5.41) is 3.38. The largest absolute Gasteiger partial charge is 0.461 e. The molecule has 0 bridgehead atoms. The number of carbonyl (C=O) groups is 1. The Kier molecular flexibility index (Phi) is 4.15. The summed E-state index contributed by atoms with van der Waals surface area (Å²) in [5.41, 5.74) is 14.2. The summed E-state index contributed by atoms with van der Waals surface area (Å²) in [5.74, 6) is -0.437. The van der Waals surface area contributed by atoms with Crippen molar-refractivity contribution in [1.82, 2.24) is 0 Å². The molecule has 0 aromatic heterocycles. The molecule has 0 saturated carbocycles. The lowest BCUT2D eigenvalue weighted by molar-refractivity contribution is 0.0517. The van der Waals surface area contributed by atoms with Gasteiger partial charge >= 0.3 is 5.97 Å². The second kappa shape index (κ2) is 5.64. The van der Waals surface area contributed by atoms with Gasteiger partial charge in [0.2, 0.25) is 0 Å². The summed E-state index contributed by atoms with van der Waals surface area (Å²) in [6, 6.07) is 6.14. The SMILES string of the molecule is [N-]=[N+]=Nc1ccc(C(=O)OCCN)cc1. The van der Waals surface area contributed by atoms with Crippen LogP contribution < -0.4 is 5.73 Å². The molecule has 2 N–H and O–H groups in total. The van der Waals surface area contributed by atoms with Crippen molar-refractivity contribution in [2.45, 2.75) is 0 Å². The standard InChI is InChI=1S/C9H10N4O2/c10-5-6-15-9(14)7-1-3-8(4-2-7)12-13-11/h1-4H,5-6,10H2. The minimum Gasteiger partial charge on any atom is -0.461 e. The maximum Gasteiger partial charge on any atom is 0.338 e. The molecular weight excluding hydrogens is 196 g/mol. The number of azide groups is 1. The van der Waals surface area contributed by atoms with Crippen LogP contribution in [0.3, 0.4) is 0 Å². The molecular formula is C9H10N4O2. The molecule has 0 aliphatic heterocycles. The summed E-state index contributed by atoms with van der Waals surface area (Å²) >= 11 is 0. The lowest BCUT2D eigenvalue weighted by Gasteiger charge is -2.02. The average Bonchev–Trinajstić information content (AvgIpc) is 2.27. The third-order valence-electron chi connectivity index (χ3n) is 1.61. The molecule has 0 amide bonds. The van der Waals surface area contributed by atoms with Crippen LogP contribution >= 0.6 is 0 Å². The van der Waals surface area contributed by atoms with Crippen molar-refractivity contribution < 1.29 is 9.53 Å². The lowest BCUT2D eigenvalue weighted by atomic mass is 10.2. The lowest BCUT2D eigenvalue weighted by Crippen LogP contribution is -2.13. The molecule has 0 atom stereocenters. The number of carbonyl (C=O) groups excluding carboxylic acids is 1. The number of esters is 1. The zero-order valence-corrected chi connectivity index (χ0v) is 7.96. The maximum atomic E-state index is 11.3. The third kappa shape index (κ3) is 3.30. The molecule has 0 aliphatic rings. The first-order chi connectivity index (χ1) is 7.27. The van der Waals surface area contributed by atoms with Crippen LogP contribution in [0.2, 0.25) is 0 Å². The molecule has 1 rings (SSSR count). The molecule has 0 spiro atoms. The van der Waals surface area contributed by atoms with Gasteiger partial charge in [0, 0.05) is 17.1 Å². The summed E-state index contributed by atoms with van der Waals surface area (Å²) < 4.78 is 4.81. The summed E-state index contributed by atoms with van der Waals surface area (Å²) in [7, 11) is 0. The fraction of sp³-hybridized carbons (Fsp3) is 0.222. The second-order valence-electron chi connectivity index (χ2n) is 2.66. The first kappa shape index (κ1) is 11.0. The summed E-state index contributed by atoms with van der Waals surface area (Å²) in [6.07, 6.45) is 0. The van der Waals surface area contributed by atoms with Crippen LogP contribution in [0.1, 0.15) is 10.4 Å². The van der Waals surface area contributed by atoms with Gasteiger partial charge in [-0.25, -0.2) is 4.79 Å². The van der Waals surface area contributed by atoms with Gasteiger partial charge < -0.3 is 10.5 Å². The van der Waals surface area contributed by atoms with Crippen molar-refractivity contribution in [3.05, 3.63) is 40.3 Å². The fourth-order valence-corrected chi connectivity index (χ4v) is 0.951. The predicted octanol–water partition coefficient (Wildman–Crippen LogP) is 1.74. The van der Waals surface area contributed by atoms with Crippen molar-refractivity contribution >= 4 is 11.7 Å². The number of ether oxygens (including phenoxy) is 1. The molecule has 0 heterocycles. The van der Waals surface area contributed by atoms with Gasteiger partial charge in [0.05, 0.1) is 5.56 Å². The van der Waals surface area contributed by atoms with E-state index < -0.39 is 5.97 Å². The number of nitrogens with two attached hydrogens (primary N) is 1. The van der Waals surface area contributed by atoms with E-state index in [9.17, 15) is 4.79 Å². The highest BCUT2D eigenvalue weighted by Crippen LogP contribution is 2.13. The number of hydrogen-bond acceptors (Lipinski definition) is 4. The monoisotopic (exact) mass is 206 g/mol. The van der Waals surface area contributed by atoms with Crippen LogP contribution in [-0.2, 0) is 4.74 Å². The Balaban J connectivity index is 2.70. The van der Waals surface area contributed by atoms with E-state index in [1.54, 1.807) is 12.1 Å². The Bertz CT molecular complexity index is 382. The van der Waals surface area contributed by atoms with Crippen LogP contribution in [0.25, 0.3) is 10.4 Å². The fourth-order valence-electron chi connectivity index (χ4n) is 0.951. The van der Waals surface area contributed by atoms with E-state index in [0.29, 0.717) is 17.8 Å². The smallest absolute Gasteiger partial charge is 0.338 e. The predicted molar refractivity (Wildman–Crippen MR) is 54.6 cm³/mol. The van der Waals surface area contributed by atoms with Gasteiger partial charge in [0.15, 0.2) is 0 Å². The highest BCUT2D eigenvalue weighted by atomic mass is 16.5. The van der Waals surface area contributed by atoms with Crippen molar-refractivity contribution in [3.63, 3.8) is 0 Å². The highest BCUT2D eigenvalue weighted by Gasteiger charge is 2.05. The normalized spacial score (nSPS) is 9.13. The van der Waals surface area contributed by atoms with Crippen LogP contribution in [0.5, 0.6) is 0 Å². The minimum absolute atomic E-state index is 0.191. The number of nitrogens with zero attached hydrogens (tertiary/aromatic N) is 3. The van der Waals surface area contributed by atoms with Gasteiger partial charge in [0.25, 0.3) is 0 Å². The van der Waals surface area contributed by atoms with Crippen LogP contribution in [0, 0.1) is 0 Å². The number of benzene rings is 1. The number of rotatable bonds is 4. The van der Waals surface area contributed by atoms with E-state index in [0.717, 1.165) is 0 Å². The van der Waals surface area contributed by atoms with E-state index in [2.05, 4.69) is 10.0 Å². The van der Waals surface area contributed by atoms with Gasteiger partial charge in [-0.15, -0.1) is 0 Å². The van der Waals surface area contributed by atoms with E-state index in [1.807, 2.05) is 0 Å². The quantitative estimate of drug-likeness (QED) is 0.351. The van der Waals surface area contributed by atoms with Gasteiger partial charge in [-0.05, 0) is 17.7 Å². The molecule has 0 aliphatic carbocycles. The summed E-state index contributed by atoms with van der Waals surface area (Å²) in [4.78, 5) is 13.9. The van der Waals surface area contributed by atoms with E-state index in [1.165, 1.54) is 12.1 Å². The van der Waals surface area contributed by atoms with Crippen LogP contribution in [-0.4, -0.2) is 19.1 Å². The zero-order valence-electron chi connectivity index (χ0n) is 7.96. The molecule has 6 nitrogen and oxygen atoms in total. The third-order valence-corrected chi connectivity index (χ3v) is 1.61. The molecule has 78 valence electrons. The first-order valence-corrected chi connectivity index (χ1v) is 4.30. The second-order valence-corrected chi connectivity index (χ2v) is 2.66. The van der Waals surface area contributed by atoms with Crippen LogP contribution in [0.4, 0.5) is 5.69 Å². The van der Waals surface area contributed by atoms with Crippen molar-refractivity contribution in [2.75, 3.05) is 13.2 Å². The van der Waals surface area contributed by atoms with E-state index in [-0.39, 0.29) is 6.61 Å². The van der Waals surface area contributed by atoms with Crippen molar-refractivity contribution in [2.24, 2.45) is 10.8 Å². The molecule has 6 heteroatoms. The maximum absolute atomic E-state index is 11.3. The molecule has 15 heavy (non-hydrogen) atoms. The molecule has 1 aromatic carbocycles. The number of hydrogen-bond donors (Lipinski definition) is 1. The van der Waals surface area contributed by atoms with Gasteiger partial charge in [-0.2, -0.15) is 0 Å². The Morgan fingerprint density at radius 1 is 1.47 bits per heavy atom. The van der Waals surface area contributed by atoms with E-state index >= 15 is 0 Å². The minimum atomic E-state index is -0.437. The molecule has 1 aromatic rings. The Morgan fingerprint density at radius 3 is 2.67 bits per heavy atom. The molecule has 0 saturated heterocycles. The van der Waals surface area contributed by atoms with Gasteiger partial charge in [-0.1, -0.05) is 17.2 Å². The molecule has 0 fully saturated rings. The highest BCUT2D eigenvalue weighted by molar-refractivity contribution is 5.89. The van der Waals surface area contributed by atoms with Crippen molar-refractivity contribution in [1.29, 1.82) is 0 Å². The van der Waals surface area contributed by atoms with Gasteiger partial charge in [-0.3, -0.25) is 0 Å². The Hall–Kier alpha value is -2.04. The van der Waals surface area contributed by atoms with Gasteiger partial charge in [0.1, 0.15) is 6.61 Å². The molecule has 0 unspecified atom stereocenters. The summed E-state index contributed by atoms with van der Waals surface area (Å²) in [6.45, 7) is 0.486. The molecule has 0 radical (unpaired) electrons. The topological polar surface area (TPSA) is 101 Å². The zero-order chi connectivity index (χ0) is 11.1. The average molecular weight is 206 g/mol. The van der Waals surface area contributed by atoms with Crippen LogP contribution in [0.15, 0.2) is 29.4 Å². The Labute approximate surface area is 86.3 Å². The van der Waals surface area contributed by atoms with Crippen molar-refractivity contribution in [3.8, 4) is 0 Å². The van der Waals surface area contributed by atoms with E-state index in [4.69, 9.17) is 16.0 Å².